The van der Waals surface area contributed by atoms with Gasteiger partial charge in [-0.1, -0.05) is 35.0 Å². The van der Waals surface area contributed by atoms with Crippen LogP contribution in [0.1, 0.15) is 43.9 Å². The van der Waals surface area contributed by atoms with Crippen LogP contribution in [0.4, 0.5) is 5.13 Å². The van der Waals surface area contributed by atoms with Gasteiger partial charge in [0.15, 0.2) is 5.13 Å². The number of hydrogen-bond acceptors (Lipinski definition) is 4. The Bertz CT molecular complexity index is 777. The van der Waals surface area contributed by atoms with Crippen LogP contribution < -0.4 is 5.32 Å². The monoisotopic (exact) mass is 433 g/mol. The molecule has 1 amide bonds. The number of carbonyl (C=O) groups excluding carboxylic acids is 1. The predicted octanol–water partition coefficient (Wildman–Crippen LogP) is 4.81. The molecule has 1 N–H and O–H groups in total. The zero-order valence-corrected chi connectivity index (χ0v) is 17.4. The first kappa shape index (κ1) is 18.1. The summed E-state index contributed by atoms with van der Waals surface area (Å²) in [6.07, 6.45) is 4.35. The second-order valence-corrected chi connectivity index (χ2v) is 9.42. The Morgan fingerprint density at radius 2 is 2.00 bits per heavy atom. The average Bonchev–Trinajstić information content (AvgIpc) is 3.34. The molecule has 138 valence electrons. The zero-order chi connectivity index (χ0) is 18.1. The van der Waals surface area contributed by atoms with Crippen LogP contribution in [0.2, 0.25) is 0 Å². The highest BCUT2D eigenvalue weighted by Gasteiger charge is 2.51. The highest BCUT2D eigenvalue weighted by Crippen LogP contribution is 2.49. The molecule has 2 aliphatic rings. The van der Waals surface area contributed by atoms with Gasteiger partial charge in [0.25, 0.3) is 0 Å². The molecule has 2 fully saturated rings. The van der Waals surface area contributed by atoms with Gasteiger partial charge >= 0.3 is 0 Å². The van der Waals surface area contributed by atoms with Gasteiger partial charge in [0.05, 0.1) is 11.1 Å². The molecule has 26 heavy (non-hydrogen) atoms. The number of nitrogens with zero attached hydrogens (tertiary/aromatic N) is 2. The number of thiazole rings is 1. The average molecular weight is 434 g/mol. The first-order valence-corrected chi connectivity index (χ1v) is 11.0. The number of nitrogens with one attached hydrogen (secondary N) is 1. The summed E-state index contributed by atoms with van der Waals surface area (Å²) in [5.74, 6) is 0.914. The number of carbonyl (C=O) groups is 1. The van der Waals surface area contributed by atoms with Gasteiger partial charge in [0, 0.05) is 16.4 Å². The standard InChI is InChI=1S/C20H24BrN3OS/c1-14-6-10-24(11-7-14)12-17-13-26-19(22-17)23-18(25)20(8-9-20)15-2-4-16(21)5-3-15/h2-5,13-14H,6-12H2,1H3,(H,22,23,25). The summed E-state index contributed by atoms with van der Waals surface area (Å²) < 4.78 is 1.04. The van der Waals surface area contributed by atoms with E-state index in [0.717, 1.165) is 59.3 Å². The third kappa shape index (κ3) is 3.87. The summed E-state index contributed by atoms with van der Waals surface area (Å²) in [6.45, 7) is 5.50. The second-order valence-electron chi connectivity index (χ2n) is 7.65. The highest BCUT2D eigenvalue weighted by molar-refractivity contribution is 9.10. The summed E-state index contributed by atoms with van der Waals surface area (Å²) in [6, 6.07) is 8.09. The highest BCUT2D eigenvalue weighted by atomic mass is 79.9. The summed E-state index contributed by atoms with van der Waals surface area (Å²) in [4.78, 5) is 20.0. The van der Waals surface area contributed by atoms with E-state index in [-0.39, 0.29) is 11.3 Å². The summed E-state index contributed by atoms with van der Waals surface area (Å²) in [5, 5.41) is 5.86. The number of aromatic nitrogens is 1. The first-order chi connectivity index (χ1) is 12.5. The number of benzene rings is 1. The minimum Gasteiger partial charge on any atom is -0.301 e. The summed E-state index contributed by atoms with van der Waals surface area (Å²) >= 11 is 4.99. The molecule has 6 heteroatoms. The third-order valence-electron chi connectivity index (χ3n) is 5.62. The van der Waals surface area contributed by atoms with Gasteiger partial charge in [-0.2, -0.15) is 0 Å². The number of anilines is 1. The van der Waals surface area contributed by atoms with E-state index < -0.39 is 0 Å². The van der Waals surface area contributed by atoms with Crippen LogP contribution in [0, 0.1) is 5.92 Å². The van der Waals surface area contributed by atoms with Crippen molar-refractivity contribution in [1.29, 1.82) is 0 Å². The van der Waals surface area contributed by atoms with Crippen molar-refractivity contribution in [2.45, 2.75) is 44.6 Å². The van der Waals surface area contributed by atoms with E-state index in [1.807, 2.05) is 24.3 Å². The van der Waals surface area contributed by atoms with E-state index in [9.17, 15) is 4.79 Å². The van der Waals surface area contributed by atoms with Gasteiger partial charge in [0.1, 0.15) is 0 Å². The van der Waals surface area contributed by atoms with E-state index in [4.69, 9.17) is 0 Å². The van der Waals surface area contributed by atoms with Crippen molar-refractivity contribution >= 4 is 38.3 Å². The Labute approximate surface area is 167 Å². The van der Waals surface area contributed by atoms with Gasteiger partial charge in [-0.05, 0) is 62.4 Å². The Kier molecular flexibility index (Phi) is 5.17. The lowest BCUT2D eigenvalue weighted by molar-refractivity contribution is -0.118. The maximum Gasteiger partial charge on any atom is 0.236 e. The van der Waals surface area contributed by atoms with Crippen LogP contribution in [0.15, 0.2) is 34.1 Å². The van der Waals surface area contributed by atoms with Crippen molar-refractivity contribution in [3.63, 3.8) is 0 Å². The lowest BCUT2D eigenvalue weighted by atomic mass is 9.95. The normalized spacial score (nSPS) is 20.1. The van der Waals surface area contributed by atoms with Crippen molar-refractivity contribution in [2.75, 3.05) is 18.4 Å². The molecule has 1 saturated heterocycles. The van der Waals surface area contributed by atoms with Gasteiger partial charge in [-0.3, -0.25) is 9.69 Å². The summed E-state index contributed by atoms with van der Waals surface area (Å²) in [5.41, 5.74) is 1.79. The van der Waals surface area contributed by atoms with Crippen LogP contribution in [0.3, 0.4) is 0 Å². The molecular weight excluding hydrogens is 410 g/mol. The first-order valence-electron chi connectivity index (χ1n) is 9.29. The number of halogens is 1. The Morgan fingerprint density at radius 1 is 1.31 bits per heavy atom. The van der Waals surface area contributed by atoms with Crippen molar-refractivity contribution in [1.82, 2.24) is 9.88 Å². The minimum absolute atomic E-state index is 0.0764. The van der Waals surface area contributed by atoms with Crippen LogP contribution in [-0.2, 0) is 16.8 Å². The molecule has 1 aromatic carbocycles. The van der Waals surface area contributed by atoms with E-state index >= 15 is 0 Å². The second kappa shape index (κ2) is 7.41. The van der Waals surface area contributed by atoms with Crippen molar-refractivity contribution in [3.8, 4) is 0 Å². The van der Waals surface area contributed by atoms with Crippen LogP contribution in [0.25, 0.3) is 0 Å². The molecule has 1 saturated carbocycles. The van der Waals surface area contributed by atoms with Gasteiger partial charge in [-0.25, -0.2) is 4.98 Å². The number of rotatable bonds is 5. The van der Waals surface area contributed by atoms with Gasteiger partial charge in [-0.15, -0.1) is 11.3 Å². The maximum absolute atomic E-state index is 12.9. The Morgan fingerprint density at radius 3 is 2.65 bits per heavy atom. The van der Waals surface area contributed by atoms with E-state index in [1.54, 1.807) is 0 Å². The molecule has 1 aliphatic heterocycles. The fourth-order valence-electron chi connectivity index (χ4n) is 3.64. The number of amides is 1. The molecule has 0 atom stereocenters. The molecule has 4 nitrogen and oxygen atoms in total. The Hall–Kier alpha value is -1.24. The fourth-order valence-corrected chi connectivity index (χ4v) is 4.60. The van der Waals surface area contributed by atoms with E-state index in [0.29, 0.717) is 0 Å². The Balaban J connectivity index is 1.38. The number of likely N-dealkylation sites (tertiary alicyclic amines) is 1. The number of hydrogen-bond donors (Lipinski definition) is 1. The topological polar surface area (TPSA) is 45.2 Å². The van der Waals surface area contributed by atoms with Crippen LogP contribution in [-0.4, -0.2) is 28.9 Å². The van der Waals surface area contributed by atoms with E-state index in [1.165, 1.54) is 24.2 Å². The number of piperidine rings is 1. The fraction of sp³-hybridized carbons (Fsp3) is 0.500. The molecule has 0 spiro atoms. The molecule has 0 unspecified atom stereocenters. The molecule has 1 aliphatic carbocycles. The molecule has 0 radical (unpaired) electrons. The van der Waals surface area contributed by atoms with Crippen LogP contribution >= 0.6 is 27.3 Å². The summed E-state index contributed by atoms with van der Waals surface area (Å²) in [7, 11) is 0. The predicted molar refractivity (Wildman–Crippen MR) is 109 cm³/mol. The molecule has 4 rings (SSSR count). The van der Waals surface area contributed by atoms with Crippen molar-refractivity contribution < 1.29 is 4.79 Å². The van der Waals surface area contributed by atoms with Gasteiger partial charge in [0.2, 0.25) is 5.91 Å². The lowest BCUT2D eigenvalue weighted by Gasteiger charge is -2.29. The molecule has 2 aromatic rings. The molecule has 2 heterocycles. The third-order valence-corrected chi connectivity index (χ3v) is 6.95. The van der Waals surface area contributed by atoms with E-state index in [2.05, 4.69) is 43.4 Å². The quantitative estimate of drug-likeness (QED) is 0.735. The van der Waals surface area contributed by atoms with Gasteiger partial charge < -0.3 is 5.32 Å². The minimum atomic E-state index is -0.366. The van der Waals surface area contributed by atoms with Crippen molar-refractivity contribution in [3.05, 3.63) is 45.4 Å². The van der Waals surface area contributed by atoms with Crippen molar-refractivity contribution in [2.24, 2.45) is 5.92 Å². The zero-order valence-electron chi connectivity index (χ0n) is 15.0. The van der Waals surface area contributed by atoms with Crippen LogP contribution in [0.5, 0.6) is 0 Å². The molecular formula is C20H24BrN3OS. The molecule has 0 bridgehead atoms. The lowest BCUT2D eigenvalue weighted by Crippen LogP contribution is -2.32. The SMILES string of the molecule is CC1CCN(Cc2csc(NC(=O)C3(c4ccc(Br)cc4)CC3)n2)CC1. The maximum atomic E-state index is 12.9. The largest absolute Gasteiger partial charge is 0.301 e. The molecule has 1 aromatic heterocycles. The smallest absolute Gasteiger partial charge is 0.236 e.